The van der Waals surface area contributed by atoms with E-state index < -0.39 is 16.0 Å². The monoisotopic (exact) mass is 320 g/mol. The fourth-order valence-electron chi connectivity index (χ4n) is 1.65. The first-order valence-corrected chi connectivity index (χ1v) is 7.90. The van der Waals surface area contributed by atoms with Crippen molar-refractivity contribution in [3.05, 3.63) is 18.0 Å². The summed E-state index contributed by atoms with van der Waals surface area (Å²) in [6.07, 6.45) is 1.30. The van der Waals surface area contributed by atoms with E-state index in [-0.39, 0.29) is 23.7 Å². The van der Waals surface area contributed by atoms with Crippen LogP contribution in [0.2, 0.25) is 0 Å². The second kappa shape index (κ2) is 8.13. The highest BCUT2D eigenvalue weighted by Crippen LogP contribution is 2.14. The summed E-state index contributed by atoms with van der Waals surface area (Å²) >= 11 is 0. The molecule has 0 bridgehead atoms. The Labute approximate surface area is 123 Å². The first-order chi connectivity index (χ1) is 9.92. The second-order valence-electron chi connectivity index (χ2n) is 4.16. The number of hydrogen-bond donors (Lipinski definition) is 2. The maximum absolute atomic E-state index is 12.0. The highest BCUT2D eigenvalue weighted by atomic mass is 32.2. The summed E-state index contributed by atoms with van der Waals surface area (Å²) in [6.45, 7) is 3.24. The van der Waals surface area contributed by atoms with E-state index in [2.05, 4.69) is 4.72 Å². The smallest absolute Gasteiger partial charge is 0.352 e. The average Bonchev–Trinajstić information content (AvgIpc) is 2.88. The van der Waals surface area contributed by atoms with Crippen LogP contribution in [0.5, 0.6) is 0 Å². The van der Waals surface area contributed by atoms with Crippen LogP contribution in [0.4, 0.5) is 0 Å². The summed E-state index contributed by atoms with van der Waals surface area (Å²) in [5.74, 6) is -1.17. The van der Waals surface area contributed by atoms with Crippen LogP contribution in [-0.4, -0.2) is 57.5 Å². The molecule has 2 N–H and O–H groups in total. The van der Waals surface area contributed by atoms with Crippen LogP contribution in [-0.2, 0) is 26.0 Å². The van der Waals surface area contributed by atoms with Crippen molar-refractivity contribution in [3.8, 4) is 0 Å². The lowest BCUT2D eigenvalue weighted by atomic mass is 10.4. The zero-order valence-electron chi connectivity index (χ0n) is 12.0. The quantitative estimate of drug-likeness (QED) is 0.594. The van der Waals surface area contributed by atoms with Crippen LogP contribution in [0.25, 0.3) is 0 Å². The Morgan fingerprint density at radius 2 is 2.10 bits per heavy atom. The van der Waals surface area contributed by atoms with Crippen LogP contribution in [0.3, 0.4) is 0 Å². The van der Waals surface area contributed by atoms with Gasteiger partial charge in [-0.05, 0) is 13.0 Å². The first kappa shape index (κ1) is 17.6. The summed E-state index contributed by atoms with van der Waals surface area (Å²) in [5.41, 5.74) is -0.0609. The van der Waals surface area contributed by atoms with Crippen molar-refractivity contribution in [1.82, 2.24) is 9.29 Å². The number of aryl methyl sites for hydroxylation is 1. The molecule has 1 aromatic rings. The Bertz CT molecular complexity index is 566. The molecular weight excluding hydrogens is 300 g/mol. The van der Waals surface area contributed by atoms with Crippen LogP contribution in [0.1, 0.15) is 17.4 Å². The fourth-order valence-corrected chi connectivity index (χ4v) is 2.70. The second-order valence-corrected chi connectivity index (χ2v) is 5.92. The average molecular weight is 320 g/mol. The molecule has 9 heteroatoms. The van der Waals surface area contributed by atoms with Gasteiger partial charge in [-0.2, -0.15) is 0 Å². The Hall–Kier alpha value is -1.42. The molecule has 0 aliphatic heterocycles. The predicted molar refractivity (Wildman–Crippen MR) is 74.9 cm³/mol. The van der Waals surface area contributed by atoms with E-state index in [9.17, 15) is 13.2 Å². The molecule has 1 rings (SSSR count). The van der Waals surface area contributed by atoms with E-state index in [4.69, 9.17) is 14.6 Å². The number of methoxy groups -OCH3 is 1. The maximum Gasteiger partial charge on any atom is 0.352 e. The molecule has 0 aromatic carbocycles. The lowest BCUT2D eigenvalue weighted by Gasteiger charge is -2.06. The minimum absolute atomic E-state index is 0.0609. The number of nitrogens with zero attached hydrogens (tertiary/aromatic N) is 1. The molecule has 0 radical (unpaired) electrons. The molecule has 0 aliphatic carbocycles. The third-order valence-electron chi connectivity index (χ3n) is 2.71. The number of carboxylic acid groups (broad SMARTS) is 1. The van der Waals surface area contributed by atoms with Crippen molar-refractivity contribution in [2.45, 2.75) is 18.4 Å². The van der Waals surface area contributed by atoms with Gasteiger partial charge in [-0.3, -0.25) is 0 Å². The Kier molecular flexibility index (Phi) is 6.82. The number of carboxylic acids is 1. The highest BCUT2D eigenvalue weighted by Gasteiger charge is 2.20. The van der Waals surface area contributed by atoms with Crippen molar-refractivity contribution < 1.29 is 27.8 Å². The van der Waals surface area contributed by atoms with Gasteiger partial charge in [0.25, 0.3) is 0 Å². The SMILES string of the molecule is CCn1cc(S(=O)(=O)NCCOCCOC)cc1C(=O)O. The molecule has 0 saturated heterocycles. The molecule has 0 spiro atoms. The van der Waals surface area contributed by atoms with Gasteiger partial charge in [0.1, 0.15) is 10.6 Å². The van der Waals surface area contributed by atoms with Gasteiger partial charge in [-0.1, -0.05) is 0 Å². The van der Waals surface area contributed by atoms with Crippen LogP contribution in [0.15, 0.2) is 17.2 Å². The zero-order chi connectivity index (χ0) is 15.9. The fraction of sp³-hybridized carbons (Fsp3) is 0.583. The number of hydrogen-bond acceptors (Lipinski definition) is 5. The topological polar surface area (TPSA) is 107 Å². The van der Waals surface area contributed by atoms with E-state index >= 15 is 0 Å². The molecule has 8 nitrogen and oxygen atoms in total. The summed E-state index contributed by atoms with van der Waals surface area (Å²) in [5, 5.41) is 9.00. The Balaban J connectivity index is 2.64. The molecule has 0 fully saturated rings. The van der Waals surface area contributed by atoms with E-state index in [1.165, 1.54) is 10.8 Å². The summed E-state index contributed by atoms with van der Waals surface area (Å²) in [4.78, 5) is 10.9. The largest absolute Gasteiger partial charge is 0.477 e. The normalized spacial score (nSPS) is 11.7. The van der Waals surface area contributed by atoms with Crippen molar-refractivity contribution in [1.29, 1.82) is 0 Å². The summed E-state index contributed by atoms with van der Waals surface area (Å²) in [7, 11) is -2.20. The summed E-state index contributed by atoms with van der Waals surface area (Å²) in [6, 6.07) is 1.14. The van der Waals surface area contributed by atoms with Crippen LogP contribution >= 0.6 is 0 Å². The standard InChI is InChI=1S/C12H20N2O6S/c1-3-14-9-10(8-11(14)12(15)16)21(17,18)13-4-5-20-7-6-19-2/h8-9,13H,3-7H2,1-2H3,(H,15,16). The number of carbonyl (C=O) groups is 1. The van der Waals surface area contributed by atoms with E-state index in [0.717, 1.165) is 6.07 Å². The van der Waals surface area contributed by atoms with Crippen molar-refractivity contribution >= 4 is 16.0 Å². The Morgan fingerprint density at radius 1 is 1.38 bits per heavy atom. The minimum atomic E-state index is -3.74. The molecule has 1 aromatic heterocycles. The molecule has 0 saturated carbocycles. The predicted octanol–water partition coefficient (Wildman–Crippen LogP) is 0.148. The van der Waals surface area contributed by atoms with Gasteiger partial charge in [0.2, 0.25) is 10.0 Å². The molecular formula is C12H20N2O6S. The molecule has 0 aliphatic rings. The van der Waals surface area contributed by atoms with Crippen molar-refractivity contribution in [3.63, 3.8) is 0 Å². The maximum atomic E-state index is 12.0. The number of aromatic carboxylic acids is 1. The van der Waals surface area contributed by atoms with Crippen LogP contribution < -0.4 is 4.72 Å². The highest BCUT2D eigenvalue weighted by molar-refractivity contribution is 7.89. The van der Waals surface area contributed by atoms with Gasteiger partial charge < -0.3 is 19.1 Å². The number of sulfonamides is 1. The molecule has 120 valence electrons. The molecule has 1 heterocycles. The number of ether oxygens (including phenoxy) is 2. The zero-order valence-corrected chi connectivity index (χ0v) is 12.9. The van der Waals surface area contributed by atoms with Crippen molar-refractivity contribution in [2.75, 3.05) is 33.5 Å². The van der Waals surface area contributed by atoms with Crippen molar-refractivity contribution in [2.24, 2.45) is 0 Å². The van der Waals surface area contributed by atoms with Gasteiger partial charge in [0.05, 0.1) is 19.8 Å². The van der Waals surface area contributed by atoms with Gasteiger partial charge in [0.15, 0.2) is 0 Å². The minimum Gasteiger partial charge on any atom is -0.477 e. The van der Waals surface area contributed by atoms with E-state index in [0.29, 0.717) is 19.8 Å². The van der Waals surface area contributed by atoms with Gasteiger partial charge in [-0.25, -0.2) is 17.9 Å². The van der Waals surface area contributed by atoms with E-state index in [1.54, 1.807) is 14.0 Å². The van der Waals surface area contributed by atoms with Crippen LogP contribution in [0, 0.1) is 0 Å². The molecule has 0 amide bonds. The molecule has 0 unspecified atom stereocenters. The number of aromatic nitrogens is 1. The van der Waals surface area contributed by atoms with Gasteiger partial charge in [-0.15, -0.1) is 0 Å². The molecule has 21 heavy (non-hydrogen) atoms. The lowest BCUT2D eigenvalue weighted by molar-refractivity contribution is 0.0685. The summed E-state index contributed by atoms with van der Waals surface area (Å²) < 4.78 is 37.7. The third kappa shape index (κ3) is 5.12. The Morgan fingerprint density at radius 3 is 2.62 bits per heavy atom. The van der Waals surface area contributed by atoms with E-state index in [1.807, 2.05) is 0 Å². The number of rotatable bonds is 10. The molecule has 0 atom stereocenters. The third-order valence-corrected chi connectivity index (χ3v) is 4.14. The first-order valence-electron chi connectivity index (χ1n) is 6.42. The lowest BCUT2D eigenvalue weighted by Crippen LogP contribution is -2.27. The van der Waals surface area contributed by atoms with Gasteiger partial charge in [0, 0.05) is 26.4 Å². The number of nitrogens with one attached hydrogen (secondary N) is 1. The van der Waals surface area contributed by atoms with Gasteiger partial charge >= 0.3 is 5.97 Å².